The summed E-state index contributed by atoms with van der Waals surface area (Å²) in [5, 5.41) is 18.1. The van der Waals surface area contributed by atoms with Crippen LogP contribution in [-0.4, -0.2) is 9.78 Å². The van der Waals surface area contributed by atoms with E-state index in [1.165, 1.54) is 4.88 Å². The quantitative estimate of drug-likeness (QED) is 0.872. The average Bonchev–Trinajstić information content (AvgIpc) is 2.88. The molecule has 0 aliphatic carbocycles. The molecule has 5 heteroatoms. The van der Waals surface area contributed by atoms with Gasteiger partial charge in [-0.05, 0) is 12.1 Å². The summed E-state index contributed by atoms with van der Waals surface area (Å²) in [5.41, 5.74) is 1.76. The van der Waals surface area contributed by atoms with Crippen molar-refractivity contribution in [2.24, 2.45) is 7.05 Å². The zero-order valence-electron chi connectivity index (χ0n) is 8.97. The summed E-state index contributed by atoms with van der Waals surface area (Å²) in [6.07, 6.45) is 1.93. The van der Waals surface area contributed by atoms with Crippen LogP contribution in [0.5, 0.6) is 0 Å². The van der Waals surface area contributed by atoms with E-state index in [0.717, 1.165) is 24.3 Å². The zero-order chi connectivity index (χ0) is 11.4. The predicted molar refractivity (Wildman–Crippen MR) is 62.8 cm³/mol. The van der Waals surface area contributed by atoms with E-state index in [2.05, 4.69) is 16.5 Å². The summed E-state index contributed by atoms with van der Waals surface area (Å²) >= 11 is 1.60. The van der Waals surface area contributed by atoms with Gasteiger partial charge in [0.05, 0.1) is 11.3 Å². The summed E-state index contributed by atoms with van der Waals surface area (Å²) in [5.74, 6) is 0. The summed E-state index contributed by atoms with van der Waals surface area (Å²) in [4.78, 5) is 1.17. The predicted octanol–water partition coefficient (Wildman–Crippen LogP) is 1.64. The maximum Gasteiger partial charge on any atom is 0.100 e. The summed E-state index contributed by atoms with van der Waals surface area (Å²) in [7, 11) is 1.90. The number of rotatable bonds is 4. The molecule has 0 aliphatic rings. The summed E-state index contributed by atoms with van der Waals surface area (Å²) < 4.78 is 1.79. The second kappa shape index (κ2) is 4.92. The molecule has 0 bridgehead atoms. The molecule has 2 heterocycles. The molecule has 0 spiro atoms. The van der Waals surface area contributed by atoms with Gasteiger partial charge in [0.1, 0.15) is 6.07 Å². The molecule has 0 unspecified atom stereocenters. The Kier molecular flexibility index (Phi) is 3.34. The number of nitriles is 1. The molecular weight excluding hydrogens is 220 g/mol. The van der Waals surface area contributed by atoms with Crippen LogP contribution < -0.4 is 5.32 Å². The van der Waals surface area contributed by atoms with Crippen molar-refractivity contribution in [3.8, 4) is 6.07 Å². The minimum absolute atomic E-state index is 0.736. The van der Waals surface area contributed by atoms with Gasteiger partial charge in [0.25, 0.3) is 0 Å². The molecule has 0 saturated carbocycles. The number of thiophene rings is 1. The highest BCUT2D eigenvalue weighted by Crippen LogP contribution is 2.13. The Morgan fingerprint density at radius 2 is 2.44 bits per heavy atom. The van der Waals surface area contributed by atoms with E-state index < -0.39 is 0 Å². The fourth-order valence-electron chi connectivity index (χ4n) is 1.40. The number of hydrogen-bond donors (Lipinski definition) is 1. The Hall–Kier alpha value is -1.64. The Labute approximate surface area is 98.1 Å². The number of nitrogens with one attached hydrogen (secondary N) is 1. The van der Waals surface area contributed by atoms with Crippen molar-refractivity contribution < 1.29 is 0 Å². The number of aryl methyl sites for hydroxylation is 1. The maximum absolute atomic E-state index is 8.68. The third-order valence-corrected chi connectivity index (χ3v) is 3.09. The fraction of sp³-hybridized carbons (Fsp3) is 0.273. The van der Waals surface area contributed by atoms with Crippen molar-refractivity contribution in [1.29, 1.82) is 5.26 Å². The van der Waals surface area contributed by atoms with E-state index >= 15 is 0 Å². The van der Waals surface area contributed by atoms with Crippen LogP contribution in [0.2, 0.25) is 0 Å². The SMILES string of the molecule is Cn1ccc(CNCc2cc(C#N)cs2)n1. The average molecular weight is 232 g/mol. The molecule has 0 aliphatic heterocycles. The molecule has 2 rings (SSSR count). The number of aromatic nitrogens is 2. The zero-order valence-corrected chi connectivity index (χ0v) is 9.79. The first-order valence-corrected chi connectivity index (χ1v) is 5.82. The van der Waals surface area contributed by atoms with Gasteiger partial charge in [0.15, 0.2) is 0 Å². The molecule has 0 fully saturated rings. The van der Waals surface area contributed by atoms with Gasteiger partial charge in [-0.15, -0.1) is 11.3 Å². The second-order valence-corrected chi connectivity index (χ2v) is 4.49. The van der Waals surface area contributed by atoms with E-state index in [-0.39, 0.29) is 0 Å². The minimum Gasteiger partial charge on any atom is -0.306 e. The third-order valence-electron chi connectivity index (χ3n) is 2.16. The first kappa shape index (κ1) is 10.9. The summed E-state index contributed by atoms with van der Waals surface area (Å²) in [6.45, 7) is 1.53. The highest BCUT2D eigenvalue weighted by molar-refractivity contribution is 7.10. The van der Waals surface area contributed by atoms with E-state index in [1.54, 1.807) is 16.0 Å². The molecule has 4 nitrogen and oxygen atoms in total. The molecule has 0 atom stereocenters. The lowest BCUT2D eigenvalue weighted by molar-refractivity contribution is 0.661. The first-order valence-electron chi connectivity index (χ1n) is 4.94. The van der Waals surface area contributed by atoms with Crippen molar-refractivity contribution in [3.05, 3.63) is 39.8 Å². The van der Waals surface area contributed by atoms with E-state index in [1.807, 2.05) is 30.8 Å². The van der Waals surface area contributed by atoms with Crippen LogP contribution in [0.15, 0.2) is 23.7 Å². The molecule has 82 valence electrons. The third kappa shape index (κ3) is 2.69. The Morgan fingerprint density at radius 1 is 1.56 bits per heavy atom. The largest absolute Gasteiger partial charge is 0.306 e. The first-order chi connectivity index (χ1) is 7.78. The highest BCUT2D eigenvalue weighted by Gasteiger charge is 2.00. The van der Waals surface area contributed by atoms with Gasteiger partial charge in [0.2, 0.25) is 0 Å². The Balaban J connectivity index is 1.82. The van der Waals surface area contributed by atoms with Crippen molar-refractivity contribution in [3.63, 3.8) is 0 Å². The van der Waals surface area contributed by atoms with Crippen LogP contribution in [0, 0.1) is 11.3 Å². The van der Waals surface area contributed by atoms with Crippen molar-refractivity contribution in [2.75, 3.05) is 0 Å². The van der Waals surface area contributed by atoms with Gasteiger partial charge in [-0.25, -0.2) is 0 Å². The molecular formula is C11H12N4S. The standard InChI is InChI=1S/C11H12N4S/c1-15-3-2-10(14-15)6-13-7-11-4-9(5-12)8-16-11/h2-4,8,13H,6-7H2,1H3. The molecule has 0 radical (unpaired) electrons. The molecule has 2 aromatic heterocycles. The van der Waals surface area contributed by atoms with Gasteiger partial charge in [-0.3, -0.25) is 4.68 Å². The van der Waals surface area contributed by atoms with Crippen LogP contribution in [0.4, 0.5) is 0 Å². The molecule has 16 heavy (non-hydrogen) atoms. The normalized spacial score (nSPS) is 10.2. The van der Waals surface area contributed by atoms with Crippen molar-refractivity contribution in [2.45, 2.75) is 13.1 Å². The van der Waals surface area contributed by atoms with Gasteiger partial charge in [-0.1, -0.05) is 0 Å². The minimum atomic E-state index is 0.736. The van der Waals surface area contributed by atoms with Gasteiger partial charge in [0, 0.05) is 36.6 Å². The number of hydrogen-bond acceptors (Lipinski definition) is 4. The lowest BCUT2D eigenvalue weighted by Gasteiger charge is -1.99. The van der Waals surface area contributed by atoms with Crippen LogP contribution >= 0.6 is 11.3 Å². The van der Waals surface area contributed by atoms with Crippen LogP contribution in [0.25, 0.3) is 0 Å². The van der Waals surface area contributed by atoms with Gasteiger partial charge >= 0.3 is 0 Å². The van der Waals surface area contributed by atoms with Crippen molar-refractivity contribution >= 4 is 11.3 Å². The highest BCUT2D eigenvalue weighted by atomic mass is 32.1. The van der Waals surface area contributed by atoms with Gasteiger partial charge in [-0.2, -0.15) is 10.4 Å². The lowest BCUT2D eigenvalue weighted by Crippen LogP contribution is -2.12. The van der Waals surface area contributed by atoms with E-state index in [4.69, 9.17) is 5.26 Å². The maximum atomic E-state index is 8.68. The molecule has 1 N–H and O–H groups in total. The second-order valence-electron chi connectivity index (χ2n) is 3.50. The van der Waals surface area contributed by atoms with Crippen molar-refractivity contribution in [1.82, 2.24) is 15.1 Å². The van der Waals surface area contributed by atoms with E-state index in [9.17, 15) is 0 Å². The van der Waals surface area contributed by atoms with E-state index in [0.29, 0.717) is 0 Å². The molecule has 0 amide bonds. The Bertz CT molecular complexity index is 506. The van der Waals surface area contributed by atoms with Crippen LogP contribution in [0.3, 0.4) is 0 Å². The van der Waals surface area contributed by atoms with Gasteiger partial charge < -0.3 is 5.32 Å². The number of nitrogens with zero attached hydrogens (tertiary/aromatic N) is 3. The molecule has 2 aromatic rings. The monoisotopic (exact) mass is 232 g/mol. The Morgan fingerprint density at radius 3 is 3.06 bits per heavy atom. The topological polar surface area (TPSA) is 53.6 Å². The molecule has 0 aromatic carbocycles. The smallest absolute Gasteiger partial charge is 0.100 e. The fourth-order valence-corrected chi connectivity index (χ4v) is 2.18. The molecule has 0 saturated heterocycles. The van der Waals surface area contributed by atoms with Crippen LogP contribution in [-0.2, 0) is 20.1 Å². The van der Waals surface area contributed by atoms with Crippen LogP contribution in [0.1, 0.15) is 16.1 Å². The summed E-state index contributed by atoms with van der Waals surface area (Å²) in [6, 6.07) is 6.03. The lowest BCUT2D eigenvalue weighted by atomic mass is 10.3.